The largest absolute Gasteiger partial charge is 0.374 e. The molecule has 0 saturated carbocycles. The Kier molecular flexibility index (Phi) is 6.54. The molecule has 92 valence electrons. The summed E-state index contributed by atoms with van der Waals surface area (Å²) in [4.78, 5) is 11.1. The van der Waals surface area contributed by atoms with Gasteiger partial charge in [-0.1, -0.05) is 42.1 Å². The fourth-order valence-electron chi connectivity index (χ4n) is 1.72. The van der Waals surface area contributed by atoms with E-state index in [1.807, 2.05) is 6.26 Å². The molecule has 0 aromatic carbocycles. The van der Waals surface area contributed by atoms with Crippen molar-refractivity contribution in [2.24, 2.45) is 5.92 Å². The van der Waals surface area contributed by atoms with Crippen LogP contribution in [0.25, 0.3) is 0 Å². The molecule has 2 atom stereocenters. The van der Waals surface area contributed by atoms with Crippen molar-refractivity contribution in [3.63, 3.8) is 0 Å². The summed E-state index contributed by atoms with van der Waals surface area (Å²) in [6.07, 6.45) is 6.53. The van der Waals surface area contributed by atoms with Crippen LogP contribution in [-0.4, -0.2) is 29.2 Å². The van der Waals surface area contributed by atoms with Gasteiger partial charge in [0.05, 0.1) is 6.10 Å². The summed E-state index contributed by atoms with van der Waals surface area (Å²) in [5.41, 5.74) is 1.24. The van der Waals surface area contributed by atoms with E-state index in [0.717, 1.165) is 24.7 Å². The standard InChI is InChI=1S/C12H20O2S2/c1-9-4-5-14-11(6-9)7-10(2)8-16-12(13)15-3/h7,9,11H,4-6,8H2,1-3H3/b10-7+/t9-,11-/m1/s1. The number of hydrogen-bond acceptors (Lipinski definition) is 4. The van der Waals surface area contributed by atoms with Crippen LogP contribution in [0.1, 0.15) is 26.7 Å². The lowest BCUT2D eigenvalue weighted by molar-refractivity contribution is 0.0235. The molecule has 4 heteroatoms. The minimum absolute atomic E-state index is 0.186. The van der Waals surface area contributed by atoms with Crippen LogP contribution in [0.2, 0.25) is 0 Å². The fourth-order valence-corrected chi connectivity index (χ4v) is 2.81. The number of carbonyl (C=O) groups is 1. The van der Waals surface area contributed by atoms with Gasteiger partial charge in [0.1, 0.15) is 0 Å². The van der Waals surface area contributed by atoms with Crippen LogP contribution in [0, 0.1) is 5.92 Å². The smallest absolute Gasteiger partial charge is 0.246 e. The average molecular weight is 260 g/mol. The predicted molar refractivity (Wildman–Crippen MR) is 73.3 cm³/mol. The Morgan fingerprint density at radius 1 is 1.56 bits per heavy atom. The first-order valence-electron chi connectivity index (χ1n) is 5.61. The second-order valence-electron chi connectivity index (χ2n) is 4.29. The minimum atomic E-state index is 0.186. The molecule has 0 spiro atoms. The average Bonchev–Trinajstić information content (AvgIpc) is 2.26. The summed E-state index contributed by atoms with van der Waals surface area (Å²) in [6, 6.07) is 0. The molecule has 0 aliphatic carbocycles. The summed E-state index contributed by atoms with van der Waals surface area (Å²) in [5, 5.41) is 0. The summed E-state index contributed by atoms with van der Waals surface area (Å²) >= 11 is 2.65. The molecule has 16 heavy (non-hydrogen) atoms. The fraction of sp³-hybridized carbons (Fsp3) is 0.750. The molecule has 0 N–H and O–H groups in total. The van der Waals surface area contributed by atoms with Crippen molar-refractivity contribution in [1.82, 2.24) is 0 Å². The molecule has 1 rings (SSSR count). The summed E-state index contributed by atoms with van der Waals surface area (Å²) in [7, 11) is 0. The van der Waals surface area contributed by atoms with Crippen LogP contribution >= 0.6 is 23.5 Å². The molecule has 0 bridgehead atoms. The highest BCUT2D eigenvalue weighted by molar-refractivity contribution is 8.38. The zero-order chi connectivity index (χ0) is 12.0. The van der Waals surface area contributed by atoms with E-state index in [-0.39, 0.29) is 10.6 Å². The van der Waals surface area contributed by atoms with Gasteiger partial charge in [0, 0.05) is 12.4 Å². The number of carbonyl (C=O) groups excluding carboxylic acids is 1. The normalized spacial score (nSPS) is 26.8. The number of rotatable bonds is 3. The summed E-state index contributed by atoms with van der Waals surface area (Å²) < 4.78 is 5.86. The van der Waals surface area contributed by atoms with Crippen molar-refractivity contribution < 1.29 is 9.53 Å². The van der Waals surface area contributed by atoms with Crippen LogP contribution in [0.15, 0.2) is 11.6 Å². The van der Waals surface area contributed by atoms with Crippen LogP contribution < -0.4 is 0 Å². The second kappa shape index (κ2) is 7.41. The Bertz CT molecular complexity index is 264. The number of ether oxygens (including phenoxy) is 1. The number of thioether (sulfide) groups is 2. The molecule has 1 fully saturated rings. The van der Waals surface area contributed by atoms with E-state index >= 15 is 0 Å². The Labute approximate surface area is 107 Å². The lowest BCUT2D eigenvalue weighted by Gasteiger charge is -2.25. The molecule has 2 nitrogen and oxygen atoms in total. The molecule has 1 heterocycles. The Morgan fingerprint density at radius 2 is 2.31 bits per heavy atom. The van der Waals surface area contributed by atoms with Gasteiger partial charge in [-0.05, 0) is 31.9 Å². The highest BCUT2D eigenvalue weighted by atomic mass is 32.2. The predicted octanol–water partition coefficient (Wildman–Crippen LogP) is 3.96. The number of hydrogen-bond donors (Lipinski definition) is 0. The molecular formula is C12H20O2S2. The first-order chi connectivity index (χ1) is 7.61. The van der Waals surface area contributed by atoms with Gasteiger partial charge in [-0.25, -0.2) is 0 Å². The zero-order valence-electron chi connectivity index (χ0n) is 10.2. The lowest BCUT2D eigenvalue weighted by Crippen LogP contribution is -2.22. The third-order valence-corrected chi connectivity index (χ3v) is 4.65. The van der Waals surface area contributed by atoms with E-state index in [1.54, 1.807) is 0 Å². The second-order valence-corrected chi connectivity index (χ2v) is 6.28. The van der Waals surface area contributed by atoms with Crippen molar-refractivity contribution in [3.05, 3.63) is 11.6 Å². The van der Waals surface area contributed by atoms with Crippen molar-refractivity contribution in [1.29, 1.82) is 0 Å². The molecule has 1 saturated heterocycles. The molecular weight excluding hydrogens is 240 g/mol. The Morgan fingerprint density at radius 3 is 2.94 bits per heavy atom. The van der Waals surface area contributed by atoms with E-state index in [1.165, 1.54) is 35.5 Å². The highest BCUT2D eigenvalue weighted by Gasteiger charge is 2.17. The first-order valence-corrected chi connectivity index (χ1v) is 7.82. The van der Waals surface area contributed by atoms with Crippen LogP contribution in [0.4, 0.5) is 4.79 Å². The van der Waals surface area contributed by atoms with Crippen LogP contribution in [0.3, 0.4) is 0 Å². The van der Waals surface area contributed by atoms with Crippen molar-refractivity contribution in [3.8, 4) is 0 Å². The van der Waals surface area contributed by atoms with Gasteiger partial charge in [0.25, 0.3) is 0 Å². The SMILES string of the molecule is CSC(=O)SC/C(C)=C/[C@H]1C[C@H](C)CCO1. The van der Waals surface area contributed by atoms with Gasteiger partial charge in [0.2, 0.25) is 4.45 Å². The van der Waals surface area contributed by atoms with E-state index < -0.39 is 0 Å². The van der Waals surface area contributed by atoms with Gasteiger partial charge >= 0.3 is 0 Å². The Balaban J connectivity index is 2.34. The van der Waals surface area contributed by atoms with Gasteiger partial charge in [-0.15, -0.1) is 0 Å². The van der Waals surface area contributed by atoms with Crippen LogP contribution in [-0.2, 0) is 4.74 Å². The molecule has 0 aromatic heterocycles. The quantitative estimate of drug-likeness (QED) is 0.717. The molecule has 0 amide bonds. The van der Waals surface area contributed by atoms with E-state index in [2.05, 4.69) is 19.9 Å². The maximum absolute atomic E-state index is 11.1. The molecule has 0 unspecified atom stereocenters. The van der Waals surface area contributed by atoms with Gasteiger partial charge in [0.15, 0.2) is 0 Å². The summed E-state index contributed by atoms with van der Waals surface area (Å²) in [6.45, 7) is 5.21. The molecule has 0 aromatic rings. The van der Waals surface area contributed by atoms with Gasteiger partial charge in [-0.2, -0.15) is 0 Å². The first kappa shape index (κ1) is 14.1. The molecule has 1 aliphatic heterocycles. The maximum atomic E-state index is 11.1. The van der Waals surface area contributed by atoms with E-state index in [0.29, 0.717) is 0 Å². The molecule has 1 aliphatic rings. The van der Waals surface area contributed by atoms with E-state index in [9.17, 15) is 4.79 Å². The zero-order valence-corrected chi connectivity index (χ0v) is 11.8. The van der Waals surface area contributed by atoms with Crippen LogP contribution in [0.5, 0.6) is 0 Å². The summed E-state index contributed by atoms with van der Waals surface area (Å²) in [5.74, 6) is 1.54. The van der Waals surface area contributed by atoms with E-state index in [4.69, 9.17) is 4.74 Å². The van der Waals surface area contributed by atoms with Gasteiger partial charge in [-0.3, -0.25) is 4.79 Å². The maximum Gasteiger partial charge on any atom is 0.246 e. The Hall–Kier alpha value is 0.0700. The highest BCUT2D eigenvalue weighted by Crippen LogP contribution is 2.22. The van der Waals surface area contributed by atoms with Crippen molar-refractivity contribution in [2.75, 3.05) is 18.6 Å². The third kappa shape index (κ3) is 5.41. The van der Waals surface area contributed by atoms with Crippen molar-refractivity contribution in [2.45, 2.75) is 32.8 Å². The van der Waals surface area contributed by atoms with Gasteiger partial charge < -0.3 is 4.74 Å². The molecule has 0 radical (unpaired) electrons. The minimum Gasteiger partial charge on any atom is -0.374 e. The van der Waals surface area contributed by atoms with Crippen molar-refractivity contribution >= 4 is 28.0 Å². The topological polar surface area (TPSA) is 26.3 Å². The lowest BCUT2D eigenvalue weighted by atomic mass is 9.97. The third-order valence-electron chi connectivity index (χ3n) is 2.63. The monoisotopic (exact) mass is 260 g/mol.